The van der Waals surface area contributed by atoms with Gasteiger partial charge in [0.15, 0.2) is 0 Å². The molecule has 0 aromatic carbocycles. The lowest BCUT2D eigenvalue weighted by molar-refractivity contribution is 0.155. The predicted molar refractivity (Wildman–Crippen MR) is 108 cm³/mol. The molecule has 1 aromatic rings. The minimum Gasteiger partial charge on any atom is -0.261 e. The smallest absolute Gasteiger partial charge is 0.0434 e. The first-order valence-electron chi connectivity index (χ1n) is 11.2. The van der Waals surface area contributed by atoms with Crippen molar-refractivity contribution < 1.29 is 0 Å². The molecule has 1 heterocycles. The van der Waals surface area contributed by atoms with Gasteiger partial charge in [-0.25, -0.2) is 0 Å². The van der Waals surface area contributed by atoms with Gasteiger partial charge in [0.1, 0.15) is 0 Å². The van der Waals surface area contributed by atoms with Crippen molar-refractivity contribution in [1.82, 2.24) is 4.98 Å². The van der Waals surface area contributed by atoms with Gasteiger partial charge in [-0.15, -0.1) is 0 Å². The monoisotopic (exact) mass is 341 g/mol. The van der Waals surface area contributed by atoms with Crippen molar-refractivity contribution in [1.29, 1.82) is 0 Å². The summed E-state index contributed by atoms with van der Waals surface area (Å²) in [4.78, 5) is 4.80. The molecule has 0 N–H and O–H groups in total. The number of aromatic nitrogens is 1. The molecule has 2 aliphatic rings. The van der Waals surface area contributed by atoms with Gasteiger partial charge in [-0.2, -0.15) is 0 Å². The number of hydrogen-bond donors (Lipinski definition) is 0. The molecule has 25 heavy (non-hydrogen) atoms. The third-order valence-corrected chi connectivity index (χ3v) is 7.10. The van der Waals surface area contributed by atoms with Crippen LogP contribution in [0.4, 0.5) is 0 Å². The van der Waals surface area contributed by atoms with Crippen LogP contribution in [0.3, 0.4) is 0 Å². The van der Waals surface area contributed by atoms with E-state index in [0.717, 1.165) is 23.7 Å². The van der Waals surface area contributed by atoms with E-state index in [2.05, 4.69) is 32.2 Å². The van der Waals surface area contributed by atoms with E-state index in [9.17, 15) is 0 Å². The Balaban J connectivity index is 1.43. The van der Waals surface area contributed by atoms with Gasteiger partial charge in [0, 0.05) is 17.8 Å². The summed E-state index contributed by atoms with van der Waals surface area (Å²) >= 11 is 0. The Bertz CT molecular complexity index is 475. The third kappa shape index (κ3) is 5.31. The number of rotatable bonds is 7. The Morgan fingerprint density at radius 1 is 0.840 bits per heavy atom. The zero-order valence-corrected chi connectivity index (χ0v) is 16.7. The van der Waals surface area contributed by atoms with E-state index >= 15 is 0 Å². The molecule has 0 unspecified atom stereocenters. The second-order valence-electron chi connectivity index (χ2n) is 8.88. The largest absolute Gasteiger partial charge is 0.261 e. The van der Waals surface area contributed by atoms with Crippen LogP contribution in [0.25, 0.3) is 0 Å². The fourth-order valence-electron chi connectivity index (χ4n) is 5.44. The Morgan fingerprint density at radius 2 is 1.52 bits per heavy atom. The Labute approximate surface area is 156 Å². The van der Waals surface area contributed by atoms with E-state index in [-0.39, 0.29) is 0 Å². The average Bonchev–Trinajstić information content (AvgIpc) is 2.68. The Kier molecular flexibility index (Phi) is 7.37. The zero-order valence-electron chi connectivity index (χ0n) is 16.7. The van der Waals surface area contributed by atoms with Crippen molar-refractivity contribution >= 4 is 0 Å². The molecule has 0 atom stereocenters. The average molecular weight is 342 g/mol. The maximum atomic E-state index is 4.80. The number of nitrogens with zero attached hydrogens (tertiary/aromatic N) is 1. The predicted octanol–water partition coefficient (Wildman–Crippen LogP) is 7.30. The molecule has 140 valence electrons. The molecular weight excluding hydrogens is 302 g/mol. The number of pyridine rings is 1. The van der Waals surface area contributed by atoms with Crippen LogP contribution in [0.1, 0.15) is 108 Å². The van der Waals surface area contributed by atoms with Crippen molar-refractivity contribution in [2.45, 2.75) is 103 Å². The second kappa shape index (κ2) is 9.74. The van der Waals surface area contributed by atoms with Crippen LogP contribution in [0, 0.1) is 17.8 Å². The molecule has 3 rings (SSSR count). The SMILES string of the molecule is CCCC[C@H]1CC[C@H](C2CCC(c3ccc(CCC)cn3)CC2)CC1. The van der Waals surface area contributed by atoms with Gasteiger partial charge >= 0.3 is 0 Å². The third-order valence-electron chi connectivity index (χ3n) is 7.10. The summed E-state index contributed by atoms with van der Waals surface area (Å²) < 4.78 is 0. The fourth-order valence-corrected chi connectivity index (χ4v) is 5.44. The molecule has 0 amide bonds. The van der Waals surface area contributed by atoms with Gasteiger partial charge in [-0.1, -0.05) is 58.4 Å². The number of unbranched alkanes of at least 4 members (excludes halogenated alkanes) is 1. The van der Waals surface area contributed by atoms with E-state index < -0.39 is 0 Å². The summed E-state index contributed by atoms with van der Waals surface area (Å²) in [5.41, 5.74) is 2.77. The standard InChI is InChI=1S/C24H39N/c1-3-5-7-19-8-11-21(12-9-19)22-13-15-23(16-14-22)24-17-10-20(6-4-2)18-25-24/h10,17-19,21-23H,3-9,11-16H2,1-2H3/t19-,21-,22?,23?. The molecule has 1 heteroatoms. The lowest BCUT2D eigenvalue weighted by atomic mass is 9.68. The summed E-state index contributed by atoms with van der Waals surface area (Å²) in [6.45, 7) is 4.57. The lowest BCUT2D eigenvalue weighted by Crippen LogP contribution is -2.25. The van der Waals surface area contributed by atoms with Crippen LogP contribution in [-0.2, 0) is 6.42 Å². The molecule has 0 radical (unpaired) electrons. The zero-order chi connectivity index (χ0) is 17.5. The topological polar surface area (TPSA) is 12.9 Å². The van der Waals surface area contributed by atoms with E-state index in [1.807, 2.05) is 0 Å². The summed E-state index contributed by atoms with van der Waals surface area (Å²) in [6.07, 6.45) is 20.6. The summed E-state index contributed by atoms with van der Waals surface area (Å²) in [5, 5.41) is 0. The first kappa shape index (κ1) is 18.9. The first-order chi connectivity index (χ1) is 12.3. The van der Waals surface area contributed by atoms with Gasteiger partial charge in [-0.3, -0.25) is 4.98 Å². The van der Waals surface area contributed by atoms with Crippen molar-refractivity contribution in [3.05, 3.63) is 29.6 Å². The molecular formula is C24H39N. The van der Waals surface area contributed by atoms with E-state index in [1.165, 1.54) is 94.7 Å². The molecule has 2 aliphatic carbocycles. The Morgan fingerprint density at radius 3 is 2.08 bits per heavy atom. The van der Waals surface area contributed by atoms with Gasteiger partial charge in [0.2, 0.25) is 0 Å². The van der Waals surface area contributed by atoms with Crippen molar-refractivity contribution in [2.24, 2.45) is 17.8 Å². The minimum absolute atomic E-state index is 0.729. The normalized spacial score (nSPS) is 30.3. The quantitative estimate of drug-likeness (QED) is 0.507. The van der Waals surface area contributed by atoms with Crippen LogP contribution in [0.15, 0.2) is 18.3 Å². The van der Waals surface area contributed by atoms with E-state index in [4.69, 9.17) is 4.98 Å². The summed E-state index contributed by atoms with van der Waals surface area (Å²) in [7, 11) is 0. The van der Waals surface area contributed by atoms with Crippen molar-refractivity contribution in [3.63, 3.8) is 0 Å². The van der Waals surface area contributed by atoms with Gasteiger partial charge in [0.25, 0.3) is 0 Å². The van der Waals surface area contributed by atoms with Crippen molar-refractivity contribution in [2.75, 3.05) is 0 Å². The van der Waals surface area contributed by atoms with Gasteiger partial charge < -0.3 is 0 Å². The van der Waals surface area contributed by atoms with Crippen LogP contribution in [0.2, 0.25) is 0 Å². The molecule has 1 nitrogen and oxygen atoms in total. The first-order valence-corrected chi connectivity index (χ1v) is 11.2. The maximum Gasteiger partial charge on any atom is 0.0434 e. The number of hydrogen-bond acceptors (Lipinski definition) is 1. The van der Waals surface area contributed by atoms with Crippen LogP contribution in [-0.4, -0.2) is 4.98 Å². The van der Waals surface area contributed by atoms with Crippen LogP contribution in [0.5, 0.6) is 0 Å². The van der Waals surface area contributed by atoms with Crippen LogP contribution < -0.4 is 0 Å². The van der Waals surface area contributed by atoms with Crippen molar-refractivity contribution in [3.8, 4) is 0 Å². The molecule has 0 aliphatic heterocycles. The highest BCUT2D eigenvalue weighted by Crippen LogP contribution is 2.44. The summed E-state index contributed by atoms with van der Waals surface area (Å²) in [5.74, 6) is 3.84. The van der Waals surface area contributed by atoms with Gasteiger partial charge in [0.05, 0.1) is 0 Å². The molecule has 2 fully saturated rings. The molecule has 0 bridgehead atoms. The molecule has 0 spiro atoms. The maximum absolute atomic E-state index is 4.80. The molecule has 1 aromatic heterocycles. The Hall–Kier alpha value is -0.850. The fraction of sp³-hybridized carbons (Fsp3) is 0.792. The minimum atomic E-state index is 0.729. The van der Waals surface area contributed by atoms with Gasteiger partial charge in [-0.05, 0) is 74.3 Å². The number of aryl methyl sites for hydroxylation is 1. The second-order valence-corrected chi connectivity index (χ2v) is 8.88. The lowest BCUT2D eigenvalue weighted by Gasteiger charge is -2.37. The molecule has 2 saturated carbocycles. The molecule has 0 saturated heterocycles. The summed E-state index contributed by atoms with van der Waals surface area (Å²) in [6, 6.07) is 4.63. The van der Waals surface area contributed by atoms with E-state index in [1.54, 1.807) is 0 Å². The van der Waals surface area contributed by atoms with E-state index in [0.29, 0.717) is 0 Å². The van der Waals surface area contributed by atoms with Crippen LogP contribution >= 0.6 is 0 Å². The highest BCUT2D eigenvalue weighted by molar-refractivity contribution is 5.17. The highest BCUT2D eigenvalue weighted by atomic mass is 14.7. The highest BCUT2D eigenvalue weighted by Gasteiger charge is 2.31.